The fraction of sp³-hybridized carbons (Fsp3) is 0.294. The molecule has 1 saturated heterocycles. The van der Waals surface area contributed by atoms with Crippen LogP contribution in [-0.2, 0) is 4.79 Å². The van der Waals surface area contributed by atoms with Gasteiger partial charge in [0.25, 0.3) is 5.91 Å². The molecule has 3 rings (SSSR count). The molecule has 126 valence electrons. The Bertz CT molecular complexity index is 818. The van der Waals surface area contributed by atoms with Gasteiger partial charge in [-0.25, -0.2) is 0 Å². The Balaban J connectivity index is 1.89. The number of amides is 1. The van der Waals surface area contributed by atoms with Crippen molar-refractivity contribution in [2.24, 2.45) is 5.41 Å². The van der Waals surface area contributed by atoms with Crippen LogP contribution in [0.25, 0.3) is 10.8 Å². The zero-order valence-electron chi connectivity index (χ0n) is 12.5. The molecule has 1 N–H and O–H groups in total. The highest BCUT2D eigenvalue weighted by atomic mass is 19.4. The van der Waals surface area contributed by atoms with Crippen molar-refractivity contribution in [1.82, 2.24) is 4.90 Å². The molecule has 0 radical (unpaired) electrons. The number of carbonyl (C=O) groups is 2. The van der Waals surface area contributed by atoms with Gasteiger partial charge in [-0.2, -0.15) is 13.2 Å². The van der Waals surface area contributed by atoms with Crippen LogP contribution in [0.15, 0.2) is 42.5 Å². The summed E-state index contributed by atoms with van der Waals surface area (Å²) in [6.07, 6.45) is -5.54. The van der Waals surface area contributed by atoms with Crippen molar-refractivity contribution in [3.05, 3.63) is 48.0 Å². The van der Waals surface area contributed by atoms with Gasteiger partial charge in [0.1, 0.15) is 0 Å². The van der Waals surface area contributed by atoms with E-state index in [4.69, 9.17) is 5.11 Å². The van der Waals surface area contributed by atoms with Crippen LogP contribution in [0, 0.1) is 5.41 Å². The summed E-state index contributed by atoms with van der Waals surface area (Å²) in [5.74, 6) is -2.53. The highest BCUT2D eigenvalue weighted by Gasteiger charge is 2.64. The van der Waals surface area contributed by atoms with Gasteiger partial charge in [-0.05, 0) is 29.3 Å². The molecule has 0 saturated carbocycles. The van der Waals surface area contributed by atoms with Gasteiger partial charge >= 0.3 is 12.1 Å². The van der Waals surface area contributed by atoms with Crippen molar-refractivity contribution < 1.29 is 27.9 Å². The Morgan fingerprint density at radius 3 is 2.33 bits per heavy atom. The molecule has 0 aromatic heterocycles. The molecule has 2 aromatic carbocycles. The van der Waals surface area contributed by atoms with Crippen LogP contribution in [0.2, 0.25) is 0 Å². The quantitative estimate of drug-likeness (QED) is 0.915. The molecule has 1 aliphatic heterocycles. The average molecular weight is 337 g/mol. The fourth-order valence-electron chi connectivity index (χ4n) is 3.02. The molecule has 1 atom stereocenters. The number of aliphatic carboxylic acids is 1. The van der Waals surface area contributed by atoms with E-state index in [0.29, 0.717) is 0 Å². The number of carboxylic acids is 1. The molecule has 1 amide bonds. The molecule has 1 aliphatic rings. The summed E-state index contributed by atoms with van der Waals surface area (Å²) >= 11 is 0. The van der Waals surface area contributed by atoms with E-state index in [1.165, 1.54) is 0 Å². The Labute approximate surface area is 135 Å². The minimum Gasteiger partial charge on any atom is -0.481 e. The molecule has 4 nitrogen and oxygen atoms in total. The second-order valence-corrected chi connectivity index (χ2v) is 5.92. The van der Waals surface area contributed by atoms with E-state index in [1.54, 1.807) is 30.3 Å². The van der Waals surface area contributed by atoms with Gasteiger partial charge in [-0.1, -0.05) is 30.3 Å². The summed E-state index contributed by atoms with van der Waals surface area (Å²) in [7, 11) is 0. The normalized spacial score (nSPS) is 21.2. The number of likely N-dealkylation sites (tertiary alicyclic amines) is 1. The monoisotopic (exact) mass is 337 g/mol. The van der Waals surface area contributed by atoms with Gasteiger partial charge in [0.05, 0.1) is 0 Å². The molecular weight excluding hydrogens is 323 g/mol. The van der Waals surface area contributed by atoms with Gasteiger partial charge in [-0.3, -0.25) is 9.59 Å². The van der Waals surface area contributed by atoms with E-state index in [0.717, 1.165) is 15.7 Å². The van der Waals surface area contributed by atoms with Gasteiger partial charge < -0.3 is 10.0 Å². The average Bonchev–Trinajstić information content (AvgIpc) is 3.00. The molecule has 1 fully saturated rings. The van der Waals surface area contributed by atoms with Gasteiger partial charge in [-0.15, -0.1) is 0 Å². The van der Waals surface area contributed by atoms with Gasteiger partial charge in [0.2, 0.25) is 0 Å². The van der Waals surface area contributed by atoms with E-state index >= 15 is 0 Å². The first-order chi connectivity index (χ1) is 11.2. The van der Waals surface area contributed by atoms with Gasteiger partial charge in [0.15, 0.2) is 5.41 Å². The molecule has 24 heavy (non-hydrogen) atoms. The highest BCUT2D eigenvalue weighted by molar-refractivity contribution is 5.99. The number of halogens is 3. The van der Waals surface area contributed by atoms with E-state index in [1.807, 2.05) is 12.1 Å². The third-order valence-electron chi connectivity index (χ3n) is 4.50. The third-order valence-corrected chi connectivity index (χ3v) is 4.50. The summed E-state index contributed by atoms with van der Waals surface area (Å²) in [4.78, 5) is 24.6. The summed E-state index contributed by atoms with van der Waals surface area (Å²) in [5, 5.41) is 10.8. The summed E-state index contributed by atoms with van der Waals surface area (Å²) in [5.41, 5.74) is -2.64. The van der Waals surface area contributed by atoms with Crippen LogP contribution in [0.4, 0.5) is 13.2 Å². The number of rotatable bonds is 2. The van der Waals surface area contributed by atoms with Crippen LogP contribution in [-0.4, -0.2) is 41.1 Å². The zero-order valence-corrected chi connectivity index (χ0v) is 12.5. The largest absolute Gasteiger partial charge is 0.481 e. The second kappa shape index (κ2) is 5.51. The van der Waals surface area contributed by atoms with Crippen LogP contribution >= 0.6 is 0 Å². The SMILES string of the molecule is O=C(c1ccc2ccccc2c1)N1CC[C@@](C(=O)O)(C(F)(F)F)C1. The number of hydrogen-bond donors (Lipinski definition) is 1. The number of benzene rings is 2. The van der Waals surface area contributed by atoms with Crippen molar-refractivity contribution in [2.75, 3.05) is 13.1 Å². The molecule has 0 unspecified atom stereocenters. The minimum absolute atomic E-state index is 0.239. The maximum absolute atomic E-state index is 13.2. The first-order valence-corrected chi connectivity index (χ1v) is 7.33. The van der Waals surface area contributed by atoms with Crippen molar-refractivity contribution in [2.45, 2.75) is 12.6 Å². The maximum Gasteiger partial charge on any atom is 0.406 e. The van der Waals surface area contributed by atoms with E-state index in [2.05, 4.69) is 0 Å². The smallest absolute Gasteiger partial charge is 0.406 e. The number of carboxylic acid groups (broad SMARTS) is 1. The first-order valence-electron chi connectivity index (χ1n) is 7.33. The van der Waals surface area contributed by atoms with Crippen LogP contribution < -0.4 is 0 Å². The molecule has 0 aliphatic carbocycles. The van der Waals surface area contributed by atoms with Gasteiger partial charge in [0, 0.05) is 18.7 Å². The van der Waals surface area contributed by atoms with E-state index < -0.39 is 36.4 Å². The van der Waals surface area contributed by atoms with Crippen molar-refractivity contribution >= 4 is 22.6 Å². The van der Waals surface area contributed by atoms with E-state index in [9.17, 15) is 22.8 Å². The number of carbonyl (C=O) groups excluding carboxylic acids is 1. The van der Waals surface area contributed by atoms with Crippen molar-refractivity contribution in [3.63, 3.8) is 0 Å². The lowest BCUT2D eigenvalue weighted by atomic mass is 9.86. The Hall–Kier alpha value is -2.57. The number of alkyl halides is 3. The Morgan fingerprint density at radius 1 is 1.08 bits per heavy atom. The third kappa shape index (κ3) is 2.50. The molecule has 7 heteroatoms. The molecule has 2 aromatic rings. The lowest BCUT2D eigenvalue weighted by Crippen LogP contribution is -2.47. The molecule has 1 heterocycles. The van der Waals surface area contributed by atoms with E-state index in [-0.39, 0.29) is 12.1 Å². The highest BCUT2D eigenvalue weighted by Crippen LogP contribution is 2.46. The number of fused-ring (bicyclic) bond motifs is 1. The molecule has 0 bridgehead atoms. The summed E-state index contributed by atoms with van der Waals surface area (Å²) in [6, 6.07) is 12.2. The Kier molecular flexibility index (Phi) is 3.74. The van der Waals surface area contributed by atoms with Crippen LogP contribution in [0.1, 0.15) is 16.8 Å². The predicted octanol–water partition coefficient (Wildman–Crippen LogP) is 3.32. The summed E-state index contributed by atoms with van der Waals surface area (Å²) in [6.45, 7) is -1.10. The topological polar surface area (TPSA) is 57.6 Å². The lowest BCUT2D eigenvalue weighted by molar-refractivity contribution is -0.227. The van der Waals surface area contributed by atoms with Crippen LogP contribution in [0.3, 0.4) is 0 Å². The second-order valence-electron chi connectivity index (χ2n) is 5.92. The minimum atomic E-state index is -4.91. The van der Waals surface area contributed by atoms with Crippen molar-refractivity contribution in [1.29, 1.82) is 0 Å². The maximum atomic E-state index is 13.2. The zero-order chi connectivity index (χ0) is 17.5. The first kappa shape index (κ1) is 16.3. The molecular formula is C17H14F3NO3. The predicted molar refractivity (Wildman–Crippen MR) is 80.6 cm³/mol. The Morgan fingerprint density at radius 2 is 1.75 bits per heavy atom. The standard InChI is InChI=1S/C17H14F3NO3/c18-17(19,20)16(15(23)24)7-8-21(10-16)14(22)13-6-5-11-3-1-2-4-12(11)9-13/h1-6,9H,7-8,10H2,(H,23,24)/t16-/m1/s1. The fourth-order valence-corrected chi connectivity index (χ4v) is 3.02. The van der Waals surface area contributed by atoms with Crippen LogP contribution in [0.5, 0.6) is 0 Å². The number of hydrogen-bond acceptors (Lipinski definition) is 2. The lowest BCUT2D eigenvalue weighted by Gasteiger charge is -2.27. The summed E-state index contributed by atoms with van der Waals surface area (Å²) < 4.78 is 39.6. The molecule has 0 spiro atoms. The van der Waals surface area contributed by atoms with Crippen molar-refractivity contribution in [3.8, 4) is 0 Å². The number of nitrogens with zero attached hydrogens (tertiary/aromatic N) is 1.